The van der Waals surface area contributed by atoms with Crippen molar-refractivity contribution in [3.8, 4) is 0 Å². The molecule has 0 amide bonds. The van der Waals surface area contributed by atoms with Crippen LogP contribution in [0.2, 0.25) is 5.15 Å². The highest BCUT2D eigenvalue weighted by Gasteiger charge is 2.25. The summed E-state index contributed by atoms with van der Waals surface area (Å²) in [4.78, 5) is 9.93. The third-order valence-corrected chi connectivity index (χ3v) is 2.17. The van der Waals surface area contributed by atoms with Crippen LogP contribution in [0.25, 0.3) is 0 Å². The van der Waals surface area contributed by atoms with Gasteiger partial charge in [-0.2, -0.15) is 0 Å². The highest BCUT2D eigenvalue weighted by Crippen LogP contribution is 2.14. The van der Waals surface area contributed by atoms with Gasteiger partial charge >= 0.3 is 0 Å². The van der Waals surface area contributed by atoms with Gasteiger partial charge in [0.25, 0.3) is 0 Å². The lowest BCUT2D eigenvalue weighted by Gasteiger charge is -2.33. The summed E-state index contributed by atoms with van der Waals surface area (Å²) in [6, 6.07) is 0. The highest BCUT2D eigenvalue weighted by atomic mass is 35.5. The van der Waals surface area contributed by atoms with Crippen molar-refractivity contribution in [2.45, 2.75) is 12.7 Å². The van der Waals surface area contributed by atoms with Crippen molar-refractivity contribution >= 4 is 11.6 Å². The molecule has 0 radical (unpaired) electrons. The first-order valence-corrected chi connectivity index (χ1v) is 4.44. The minimum atomic E-state index is -0.666. The van der Waals surface area contributed by atoms with Gasteiger partial charge in [0, 0.05) is 19.6 Å². The standard InChI is InChI=1S/C8H9ClFN3/c9-8-2-11-7(1-12-8)5-13-3-6(10)4-13/h1-2,6H,3-5H2. The van der Waals surface area contributed by atoms with Gasteiger partial charge in [0.2, 0.25) is 0 Å². The minimum absolute atomic E-state index is 0.385. The number of hydrogen-bond acceptors (Lipinski definition) is 3. The lowest BCUT2D eigenvalue weighted by Crippen LogP contribution is -2.47. The molecular formula is C8H9ClFN3. The number of aromatic nitrogens is 2. The molecule has 1 aromatic heterocycles. The Bertz CT molecular complexity index is 284. The van der Waals surface area contributed by atoms with Crippen LogP contribution in [0.5, 0.6) is 0 Å². The van der Waals surface area contributed by atoms with Crippen LogP contribution < -0.4 is 0 Å². The first-order valence-electron chi connectivity index (χ1n) is 4.07. The normalized spacial score (nSPS) is 18.6. The summed E-state index contributed by atoms with van der Waals surface area (Å²) in [5.41, 5.74) is 0.830. The van der Waals surface area contributed by atoms with Crippen LogP contribution in [-0.2, 0) is 6.54 Å². The van der Waals surface area contributed by atoms with E-state index in [4.69, 9.17) is 11.6 Å². The topological polar surface area (TPSA) is 29.0 Å². The molecule has 0 N–H and O–H groups in total. The lowest BCUT2D eigenvalue weighted by atomic mass is 10.2. The molecule has 1 fully saturated rings. The van der Waals surface area contributed by atoms with Crippen LogP contribution in [-0.4, -0.2) is 34.1 Å². The van der Waals surface area contributed by atoms with Crippen LogP contribution in [0.15, 0.2) is 12.4 Å². The molecule has 1 saturated heterocycles. The Balaban J connectivity index is 1.91. The molecular weight excluding hydrogens is 193 g/mol. The van der Waals surface area contributed by atoms with Crippen LogP contribution >= 0.6 is 11.6 Å². The zero-order valence-electron chi connectivity index (χ0n) is 6.95. The van der Waals surface area contributed by atoms with Crippen molar-refractivity contribution in [2.75, 3.05) is 13.1 Å². The van der Waals surface area contributed by atoms with Gasteiger partial charge in [-0.05, 0) is 0 Å². The van der Waals surface area contributed by atoms with E-state index in [1.165, 1.54) is 6.20 Å². The van der Waals surface area contributed by atoms with Gasteiger partial charge in [-0.25, -0.2) is 9.37 Å². The third-order valence-electron chi connectivity index (χ3n) is 1.97. The maximum atomic E-state index is 12.4. The van der Waals surface area contributed by atoms with Crippen molar-refractivity contribution in [1.82, 2.24) is 14.9 Å². The molecule has 0 aliphatic carbocycles. The van der Waals surface area contributed by atoms with E-state index < -0.39 is 6.17 Å². The molecule has 0 atom stereocenters. The van der Waals surface area contributed by atoms with E-state index in [2.05, 4.69) is 9.97 Å². The predicted octanol–water partition coefficient (Wildman–Crippen LogP) is 1.28. The number of halogens is 2. The van der Waals surface area contributed by atoms with Crippen molar-refractivity contribution in [1.29, 1.82) is 0 Å². The van der Waals surface area contributed by atoms with Gasteiger partial charge in [-0.1, -0.05) is 11.6 Å². The molecule has 13 heavy (non-hydrogen) atoms. The Kier molecular flexibility index (Phi) is 2.42. The van der Waals surface area contributed by atoms with Crippen molar-refractivity contribution in [2.24, 2.45) is 0 Å². The van der Waals surface area contributed by atoms with E-state index in [1.807, 2.05) is 4.90 Å². The molecule has 0 spiro atoms. The molecule has 1 aliphatic heterocycles. The summed E-state index contributed by atoms with van der Waals surface area (Å²) in [7, 11) is 0. The zero-order valence-corrected chi connectivity index (χ0v) is 7.71. The Labute approximate surface area is 80.6 Å². The van der Waals surface area contributed by atoms with E-state index in [0.717, 1.165) is 5.69 Å². The van der Waals surface area contributed by atoms with Crippen LogP contribution in [0.4, 0.5) is 4.39 Å². The monoisotopic (exact) mass is 201 g/mol. The van der Waals surface area contributed by atoms with Crippen LogP contribution in [0, 0.1) is 0 Å². The summed E-state index contributed by atoms with van der Waals surface area (Å²) in [6.45, 7) is 1.67. The summed E-state index contributed by atoms with van der Waals surface area (Å²) in [5, 5.41) is 0.385. The summed E-state index contributed by atoms with van der Waals surface area (Å²) in [6.07, 6.45) is 2.46. The SMILES string of the molecule is FC1CN(Cc2cnc(Cl)cn2)C1. The van der Waals surface area contributed by atoms with Gasteiger partial charge in [-0.15, -0.1) is 0 Å². The molecule has 0 bridgehead atoms. The van der Waals surface area contributed by atoms with Gasteiger partial charge in [0.05, 0.1) is 18.1 Å². The van der Waals surface area contributed by atoms with E-state index in [-0.39, 0.29) is 0 Å². The average molecular weight is 202 g/mol. The Morgan fingerprint density at radius 1 is 1.46 bits per heavy atom. The quantitative estimate of drug-likeness (QED) is 0.722. The third kappa shape index (κ3) is 2.14. The largest absolute Gasteiger partial charge is 0.292 e. The molecule has 3 nitrogen and oxygen atoms in total. The summed E-state index contributed by atoms with van der Waals surface area (Å²) < 4.78 is 12.4. The smallest absolute Gasteiger partial charge is 0.147 e. The molecule has 5 heteroatoms. The van der Waals surface area contributed by atoms with E-state index >= 15 is 0 Å². The maximum Gasteiger partial charge on any atom is 0.147 e. The van der Waals surface area contributed by atoms with Crippen molar-refractivity contribution in [3.63, 3.8) is 0 Å². The number of likely N-dealkylation sites (tertiary alicyclic amines) is 1. The fraction of sp³-hybridized carbons (Fsp3) is 0.500. The number of rotatable bonds is 2. The number of nitrogens with zero attached hydrogens (tertiary/aromatic N) is 3. The van der Waals surface area contributed by atoms with Gasteiger partial charge in [-0.3, -0.25) is 9.88 Å². The van der Waals surface area contributed by atoms with Crippen LogP contribution in [0.1, 0.15) is 5.69 Å². The Hall–Kier alpha value is -0.740. The molecule has 2 rings (SSSR count). The second-order valence-corrected chi connectivity index (χ2v) is 3.51. The highest BCUT2D eigenvalue weighted by molar-refractivity contribution is 6.29. The molecule has 0 aromatic carbocycles. The number of alkyl halides is 1. The Morgan fingerprint density at radius 2 is 2.23 bits per heavy atom. The fourth-order valence-electron chi connectivity index (χ4n) is 1.29. The second kappa shape index (κ2) is 3.55. The first-order chi connectivity index (χ1) is 6.24. The number of hydrogen-bond donors (Lipinski definition) is 0. The van der Waals surface area contributed by atoms with Gasteiger partial charge in [0.15, 0.2) is 0 Å². The summed E-state index contributed by atoms with van der Waals surface area (Å²) >= 11 is 5.57. The second-order valence-electron chi connectivity index (χ2n) is 3.12. The maximum absolute atomic E-state index is 12.4. The van der Waals surface area contributed by atoms with E-state index in [0.29, 0.717) is 24.8 Å². The first kappa shape index (κ1) is 8.84. The average Bonchev–Trinajstić information content (AvgIpc) is 2.06. The van der Waals surface area contributed by atoms with Crippen molar-refractivity contribution in [3.05, 3.63) is 23.2 Å². The van der Waals surface area contributed by atoms with E-state index in [9.17, 15) is 4.39 Å². The molecule has 70 valence electrons. The van der Waals surface area contributed by atoms with Gasteiger partial charge in [0.1, 0.15) is 11.3 Å². The molecule has 0 unspecified atom stereocenters. The minimum Gasteiger partial charge on any atom is -0.292 e. The lowest BCUT2D eigenvalue weighted by molar-refractivity contribution is 0.0579. The van der Waals surface area contributed by atoms with E-state index in [1.54, 1.807) is 6.20 Å². The molecule has 2 heterocycles. The van der Waals surface area contributed by atoms with Gasteiger partial charge < -0.3 is 0 Å². The van der Waals surface area contributed by atoms with Crippen molar-refractivity contribution < 1.29 is 4.39 Å². The molecule has 1 aromatic rings. The van der Waals surface area contributed by atoms with Crippen LogP contribution in [0.3, 0.4) is 0 Å². The molecule has 0 saturated carbocycles. The Morgan fingerprint density at radius 3 is 2.77 bits per heavy atom. The predicted molar refractivity (Wildman–Crippen MR) is 47.2 cm³/mol. The fourth-order valence-corrected chi connectivity index (χ4v) is 1.38. The zero-order chi connectivity index (χ0) is 9.26. The summed E-state index contributed by atoms with van der Waals surface area (Å²) in [5.74, 6) is 0. The molecule has 1 aliphatic rings.